The topological polar surface area (TPSA) is 86.1 Å². The molecule has 1 amide bonds. The molecule has 0 radical (unpaired) electrons. The van der Waals surface area contributed by atoms with Crippen LogP contribution in [0.3, 0.4) is 0 Å². The maximum atomic E-state index is 12.2. The quantitative estimate of drug-likeness (QED) is 0.450. The second kappa shape index (κ2) is 7.74. The van der Waals surface area contributed by atoms with E-state index in [4.69, 9.17) is 5.21 Å². The monoisotopic (exact) mass is 310 g/mol. The van der Waals surface area contributed by atoms with E-state index in [9.17, 15) is 4.79 Å². The van der Waals surface area contributed by atoms with Gasteiger partial charge in [0.25, 0.3) is 5.91 Å². The van der Waals surface area contributed by atoms with Gasteiger partial charge in [0.05, 0.1) is 11.4 Å². The second-order valence-electron chi connectivity index (χ2n) is 4.89. The lowest BCUT2D eigenvalue weighted by Crippen LogP contribution is -2.29. The van der Waals surface area contributed by atoms with Gasteiger partial charge in [-0.2, -0.15) is 5.10 Å². The molecule has 0 aliphatic carbocycles. The zero-order valence-electron chi connectivity index (χ0n) is 12.9. The molecule has 2 aromatic rings. The molecule has 0 bridgehead atoms. The Morgan fingerprint density at radius 3 is 2.35 bits per heavy atom. The number of nitrogens with one attached hydrogen (secondary N) is 2. The van der Waals surface area contributed by atoms with Crippen LogP contribution in [0.1, 0.15) is 12.5 Å². The minimum atomic E-state index is -0.536. The molecule has 0 spiro atoms. The number of nitrogens with zero attached hydrogens (tertiary/aromatic N) is 2. The maximum absolute atomic E-state index is 12.2. The molecule has 0 fully saturated rings. The Bertz CT molecular complexity index is 739. The molecular formula is C17H18N4O2. The lowest BCUT2D eigenvalue weighted by molar-refractivity contribution is -0.110. The Morgan fingerprint density at radius 1 is 1.04 bits per heavy atom. The predicted octanol–water partition coefficient (Wildman–Crippen LogP) is 3.25. The molecule has 6 heteroatoms. The molecule has 118 valence electrons. The number of carbonyl (C=O) groups is 1. The minimum absolute atomic E-state index is 0.157. The van der Waals surface area contributed by atoms with Gasteiger partial charge < -0.3 is 10.5 Å². The lowest BCUT2D eigenvalue weighted by Gasteiger charge is -2.08. The largest absolute Gasteiger partial charge is 0.410 e. The average Bonchev–Trinajstić information content (AvgIpc) is 2.55. The first-order valence-electron chi connectivity index (χ1n) is 7.06. The number of benzene rings is 2. The molecule has 2 rings (SSSR count). The Kier molecular flexibility index (Phi) is 5.46. The van der Waals surface area contributed by atoms with E-state index in [1.54, 1.807) is 31.2 Å². The van der Waals surface area contributed by atoms with E-state index in [1.165, 1.54) is 0 Å². The number of para-hydroxylation sites is 2. The van der Waals surface area contributed by atoms with E-state index in [-0.39, 0.29) is 11.4 Å². The second-order valence-corrected chi connectivity index (χ2v) is 4.89. The highest BCUT2D eigenvalue weighted by molar-refractivity contribution is 6.68. The molecule has 0 heterocycles. The van der Waals surface area contributed by atoms with E-state index in [0.717, 1.165) is 11.3 Å². The first-order valence-corrected chi connectivity index (χ1v) is 7.06. The number of hydrogen-bond acceptors (Lipinski definition) is 5. The zero-order valence-corrected chi connectivity index (χ0v) is 12.9. The van der Waals surface area contributed by atoms with E-state index in [2.05, 4.69) is 21.0 Å². The van der Waals surface area contributed by atoms with Crippen LogP contribution < -0.4 is 10.7 Å². The van der Waals surface area contributed by atoms with Crippen molar-refractivity contribution in [3.63, 3.8) is 0 Å². The Hall–Kier alpha value is -3.15. The number of oxime groups is 1. The molecule has 0 aromatic heterocycles. The summed E-state index contributed by atoms with van der Waals surface area (Å²) in [6, 6.07) is 16.5. The fraction of sp³-hybridized carbons (Fsp3) is 0.118. The van der Waals surface area contributed by atoms with Crippen molar-refractivity contribution in [2.24, 2.45) is 10.3 Å². The van der Waals surface area contributed by atoms with Crippen molar-refractivity contribution in [3.05, 3.63) is 60.2 Å². The summed E-state index contributed by atoms with van der Waals surface area (Å²) in [5.41, 5.74) is 5.41. The van der Waals surface area contributed by atoms with E-state index < -0.39 is 5.91 Å². The summed E-state index contributed by atoms with van der Waals surface area (Å²) in [4.78, 5) is 12.2. The summed E-state index contributed by atoms with van der Waals surface area (Å²) in [5, 5.41) is 18.9. The van der Waals surface area contributed by atoms with Gasteiger partial charge in [0.2, 0.25) is 0 Å². The van der Waals surface area contributed by atoms with E-state index in [1.807, 2.05) is 37.3 Å². The van der Waals surface area contributed by atoms with Gasteiger partial charge in [-0.1, -0.05) is 41.6 Å². The van der Waals surface area contributed by atoms with Gasteiger partial charge >= 0.3 is 0 Å². The highest BCUT2D eigenvalue weighted by Gasteiger charge is 2.16. The van der Waals surface area contributed by atoms with Crippen LogP contribution in [0.4, 0.5) is 11.4 Å². The highest BCUT2D eigenvalue weighted by Crippen LogP contribution is 2.13. The Morgan fingerprint density at radius 2 is 1.70 bits per heavy atom. The predicted molar refractivity (Wildman–Crippen MR) is 92.2 cm³/mol. The summed E-state index contributed by atoms with van der Waals surface area (Å²) < 4.78 is 0. The number of carbonyl (C=O) groups excluding carboxylic acids is 1. The summed E-state index contributed by atoms with van der Waals surface area (Å²) in [7, 11) is 0. The van der Waals surface area contributed by atoms with Gasteiger partial charge in [0.15, 0.2) is 5.71 Å². The molecule has 0 saturated carbocycles. The number of amides is 1. The standard InChI is InChI=1S/C17H18N4O2/c1-12-8-6-7-11-15(12)20-19-13(2)16(21-23)17(22)18-14-9-4-3-5-10-14/h3-11,20,23H,1-2H3,(H,18,22)/b19-13+,21-16+. The molecule has 0 atom stereocenters. The molecule has 2 aromatic carbocycles. The van der Waals surface area contributed by atoms with Crippen LogP contribution in [-0.4, -0.2) is 22.5 Å². The first-order chi connectivity index (χ1) is 11.1. The van der Waals surface area contributed by atoms with Crippen molar-refractivity contribution < 1.29 is 10.0 Å². The zero-order chi connectivity index (χ0) is 16.7. The number of hydrazone groups is 1. The first kappa shape index (κ1) is 16.2. The molecular weight excluding hydrogens is 292 g/mol. The van der Waals surface area contributed by atoms with Crippen LogP contribution in [-0.2, 0) is 4.79 Å². The molecule has 0 aliphatic rings. The van der Waals surface area contributed by atoms with E-state index >= 15 is 0 Å². The molecule has 0 aliphatic heterocycles. The van der Waals surface area contributed by atoms with Crippen LogP contribution in [0.15, 0.2) is 64.9 Å². The van der Waals surface area contributed by atoms with Gasteiger partial charge in [-0.25, -0.2) is 0 Å². The molecule has 6 nitrogen and oxygen atoms in total. The number of hydrogen-bond donors (Lipinski definition) is 3. The van der Waals surface area contributed by atoms with Crippen molar-refractivity contribution in [3.8, 4) is 0 Å². The Labute approximate surface area is 134 Å². The lowest BCUT2D eigenvalue weighted by atomic mass is 10.2. The third kappa shape index (κ3) is 4.41. The number of rotatable bonds is 5. The van der Waals surface area contributed by atoms with Crippen molar-refractivity contribution in [1.82, 2.24) is 0 Å². The fourth-order valence-electron chi connectivity index (χ4n) is 1.89. The summed E-state index contributed by atoms with van der Waals surface area (Å²) >= 11 is 0. The summed E-state index contributed by atoms with van der Waals surface area (Å²) in [6.07, 6.45) is 0. The van der Waals surface area contributed by atoms with Gasteiger partial charge in [-0.05, 0) is 37.6 Å². The van der Waals surface area contributed by atoms with Gasteiger partial charge in [0.1, 0.15) is 0 Å². The molecule has 23 heavy (non-hydrogen) atoms. The van der Waals surface area contributed by atoms with Crippen molar-refractivity contribution in [2.45, 2.75) is 13.8 Å². The number of aryl methyl sites for hydroxylation is 1. The minimum Gasteiger partial charge on any atom is -0.410 e. The van der Waals surface area contributed by atoms with Crippen LogP contribution in [0, 0.1) is 6.92 Å². The highest BCUT2D eigenvalue weighted by atomic mass is 16.4. The van der Waals surface area contributed by atoms with Crippen molar-refractivity contribution >= 4 is 28.7 Å². The maximum Gasteiger partial charge on any atom is 0.279 e. The molecule has 3 N–H and O–H groups in total. The Balaban J connectivity index is 2.09. The van der Waals surface area contributed by atoms with Gasteiger partial charge in [-0.15, -0.1) is 0 Å². The SMILES string of the molecule is CC(=N\Nc1ccccc1C)/C(=N\O)C(=O)Nc1ccccc1. The van der Waals surface area contributed by atoms with Crippen molar-refractivity contribution in [1.29, 1.82) is 0 Å². The van der Waals surface area contributed by atoms with E-state index in [0.29, 0.717) is 5.69 Å². The number of anilines is 2. The van der Waals surface area contributed by atoms with Crippen LogP contribution in [0.2, 0.25) is 0 Å². The average molecular weight is 310 g/mol. The van der Waals surface area contributed by atoms with Gasteiger partial charge in [-0.3, -0.25) is 10.2 Å². The summed E-state index contributed by atoms with van der Waals surface area (Å²) in [6.45, 7) is 3.53. The summed E-state index contributed by atoms with van der Waals surface area (Å²) in [5.74, 6) is -0.536. The normalized spacial score (nSPS) is 11.9. The van der Waals surface area contributed by atoms with Crippen LogP contribution in [0.5, 0.6) is 0 Å². The van der Waals surface area contributed by atoms with Crippen molar-refractivity contribution in [2.75, 3.05) is 10.7 Å². The third-order valence-electron chi connectivity index (χ3n) is 3.18. The fourth-order valence-corrected chi connectivity index (χ4v) is 1.89. The van der Waals surface area contributed by atoms with Crippen LogP contribution >= 0.6 is 0 Å². The molecule has 0 unspecified atom stereocenters. The smallest absolute Gasteiger partial charge is 0.279 e. The van der Waals surface area contributed by atoms with Gasteiger partial charge in [0, 0.05) is 5.69 Å². The van der Waals surface area contributed by atoms with Crippen LogP contribution in [0.25, 0.3) is 0 Å². The third-order valence-corrected chi connectivity index (χ3v) is 3.18. The molecule has 0 saturated heterocycles.